The van der Waals surface area contributed by atoms with E-state index < -0.39 is 0 Å². The van der Waals surface area contributed by atoms with Crippen LogP contribution in [0, 0.1) is 0 Å². The van der Waals surface area contributed by atoms with Crippen molar-refractivity contribution in [2.75, 3.05) is 14.1 Å². The zero-order valence-corrected chi connectivity index (χ0v) is 8.04. The van der Waals surface area contributed by atoms with Crippen molar-refractivity contribution in [3.63, 3.8) is 0 Å². The Morgan fingerprint density at radius 2 is 1.75 bits per heavy atom. The van der Waals surface area contributed by atoms with Crippen LogP contribution in [0.4, 0.5) is 0 Å². The SMILES string of the molecule is C=CC(C=C)=C(N=CC)N(C)C. The number of hydrogen-bond donors (Lipinski definition) is 0. The fourth-order valence-corrected chi connectivity index (χ4v) is 0.836. The molecule has 2 heteroatoms. The highest BCUT2D eigenvalue weighted by atomic mass is 15.2. The molecule has 0 N–H and O–H groups in total. The van der Waals surface area contributed by atoms with Gasteiger partial charge in [-0.2, -0.15) is 0 Å². The van der Waals surface area contributed by atoms with Gasteiger partial charge in [-0.05, 0) is 6.92 Å². The number of hydrogen-bond acceptors (Lipinski definition) is 2. The standard InChI is InChI=1S/C10H16N2/c1-6-9(7-2)10(11-8-3)12(4)5/h6-8H,1-2H2,3-5H3. The lowest BCUT2D eigenvalue weighted by Crippen LogP contribution is -2.11. The Bertz CT molecular complexity index is 212. The maximum atomic E-state index is 4.20. The molecule has 0 aliphatic rings. The average molecular weight is 164 g/mol. The maximum Gasteiger partial charge on any atom is 0.134 e. The summed E-state index contributed by atoms with van der Waals surface area (Å²) in [5.41, 5.74) is 0.943. The van der Waals surface area contributed by atoms with Gasteiger partial charge < -0.3 is 4.90 Å². The minimum atomic E-state index is 0.877. The van der Waals surface area contributed by atoms with Crippen molar-refractivity contribution in [3.8, 4) is 0 Å². The van der Waals surface area contributed by atoms with E-state index >= 15 is 0 Å². The van der Waals surface area contributed by atoms with Gasteiger partial charge in [0.15, 0.2) is 0 Å². The van der Waals surface area contributed by atoms with Gasteiger partial charge in [-0.25, -0.2) is 4.99 Å². The summed E-state index contributed by atoms with van der Waals surface area (Å²) in [6.07, 6.45) is 5.24. The summed E-state index contributed by atoms with van der Waals surface area (Å²) < 4.78 is 0. The van der Waals surface area contributed by atoms with E-state index in [1.54, 1.807) is 18.4 Å². The smallest absolute Gasteiger partial charge is 0.134 e. The van der Waals surface area contributed by atoms with Crippen molar-refractivity contribution in [1.29, 1.82) is 0 Å². The molecule has 2 nitrogen and oxygen atoms in total. The van der Waals surface area contributed by atoms with Crippen molar-refractivity contribution in [1.82, 2.24) is 4.90 Å². The zero-order valence-electron chi connectivity index (χ0n) is 8.04. The molecule has 0 bridgehead atoms. The second kappa shape index (κ2) is 5.35. The Labute approximate surface area is 74.6 Å². The summed E-state index contributed by atoms with van der Waals surface area (Å²) in [6.45, 7) is 9.26. The monoisotopic (exact) mass is 164 g/mol. The van der Waals surface area contributed by atoms with Crippen molar-refractivity contribution in [3.05, 3.63) is 36.7 Å². The second-order valence-electron chi connectivity index (χ2n) is 2.47. The van der Waals surface area contributed by atoms with E-state index in [9.17, 15) is 0 Å². The quantitative estimate of drug-likeness (QED) is 0.459. The van der Waals surface area contributed by atoms with Gasteiger partial charge >= 0.3 is 0 Å². The molecule has 0 aliphatic carbocycles. The van der Waals surface area contributed by atoms with Crippen LogP contribution < -0.4 is 0 Å². The topological polar surface area (TPSA) is 15.6 Å². The van der Waals surface area contributed by atoms with Crippen molar-refractivity contribution >= 4 is 6.21 Å². The second-order valence-corrected chi connectivity index (χ2v) is 2.47. The molecule has 0 spiro atoms. The first kappa shape index (κ1) is 10.7. The Morgan fingerprint density at radius 1 is 1.25 bits per heavy atom. The molecule has 0 aromatic rings. The molecule has 0 amide bonds. The van der Waals surface area contributed by atoms with Gasteiger partial charge in [0, 0.05) is 25.9 Å². The molecular formula is C10H16N2. The van der Waals surface area contributed by atoms with E-state index in [0.29, 0.717) is 0 Å². The van der Waals surface area contributed by atoms with Gasteiger partial charge in [0.2, 0.25) is 0 Å². The Balaban J connectivity index is 5.01. The molecule has 0 aromatic heterocycles. The third kappa shape index (κ3) is 2.74. The van der Waals surface area contributed by atoms with E-state index in [1.807, 2.05) is 25.9 Å². The lowest BCUT2D eigenvalue weighted by atomic mass is 10.2. The Morgan fingerprint density at radius 3 is 2.00 bits per heavy atom. The first-order chi connectivity index (χ1) is 5.67. The molecule has 0 aliphatic heterocycles. The molecule has 0 atom stereocenters. The summed E-state index contributed by atoms with van der Waals surface area (Å²) in [4.78, 5) is 6.13. The first-order valence-electron chi connectivity index (χ1n) is 3.82. The number of allylic oxidation sites excluding steroid dienone is 3. The third-order valence-corrected chi connectivity index (χ3v) is 1.37. The molecule has 12 heavy (non-hydrogen) atoms. The van der Waals surface area contributed by atoms with Crippen LogP contribution in [0.15, 0.2) is 41.7 Å². The lowest BCUT2D eigenvalue weighted by molar-refractivity contribution is 0.504. The van der Waals surface area contributed by atoms with Crippen LogP contribution in [0.25, 0.3) is 0 Å². The van der Waals surface area contributed by atoms with Crippen LogP contribution in [-0.4, -0.2) is 25.2 Å². The summed E-state index contributed by atoms with van der Waals surface area (Å²) in [7, 11) is 3.88. The summed E-state index contributed by atoms with van der Waals surface area (Å²) in [5, 5.41) is 0. The highest BCUT2D eigenvalue weighted by Crippen LogP contribution is 2.10. The van der Waals surface area contributed by atoms with Gasteiger partial charge in [-0.1, -0.05) is 25.3 Å². The number of rotatable bonds is 4. The van der Waals surface area contributed by atoms with Gasteiger partial charge in [0.25, 0.3) is 0 Å². The van der Waals surface area contributed by atoms with Crippen LogP contribution in [-0.2, 0) is 0 Å². The maximum absolute atomic E-state index is 4.20. The van der Waals surface area contributed by atoms with E-state index in [0.717, 1.165) is 11.4 Å². The van der Waals surface area contributed by atoms with Crippen LogP contribution in [0.1, 0.15) is 6.92 Å². The zero-order chi connectivity index (χ0) is 9.56. The van der Waals surface area contributed by atoms with Crippen LogP contribution in [0.2, 0.25) is 0 Å². The number of aliphatic imine (C=N–C) groups is 1. The molecular weight excluding hydrogens is 148 g/mol. The van der Waals surface area contributed by atoms with E-state index in [-0.39, 0.29) is 0 Å². The first-order valence-corrected chi connectivity index (χ1v) is 3.82. The minimum absolute atomic E-state index is 0.877. The van der Waals surface area contributed by atoms with Crippen molar-refractivity contribution in [2.24, 2.45) is 4.99 Å². The molecule has 0 aromatic carbocycles. The molecule has 0 heterocycles. The van der Waals surface area contributed by atoms with Crippen LogP contribution in [0.3, 0.4) is 0 Å². The molecule has 0 saturated carbocycles. The molecule has 0 rings (SSSR count). The Hall–Kier alpha value is -1.31. The summed E-state index contributed by atoms with van der Waals surface area (Å²) in [6, 6.07) is 0. The fourth-order valence-electron chi connectivity index (χ4n) is 0.836. The number of nitrogens with zero attached hydrogens (tertiary/aromatic N) is 2. The van der Waals surface area contributed by atoms with Crippen molar-refractivity contribution < 1.29 is 0 Å². The third-order valence-electron chi connectivity index (χ3n) is 1.37. The van der Waals surface area contributed by atoms with Gasteiger partial charge in [0.1, 0.15) is 5.82 Å². The molecule has 0 unspecified atom stereocenters. The van der Waals surface area contributed by atoms with Gasteiger partial charge in [-0.15, -0.1) is 0 Å². The Kier molecular flexibility index (Phi) is 4.77. The molecule has 0 fully saturated rings. The lowest BCUT2D eigenvalue weighted by Gasteiger charge is -2.14. The molecule has 66 valence electrons. The summed E-state index contributed by atoms with van der Waals surface area (Å²) in [5.74, 6) is 0.877. The molecule has 0 saturated heterocycles. The molecule has 0 radical (unpaired) electrons. The van der Waals surface area contributed by atoms with E-state index in [4.69, 9.17) is 0 Å². The van der Waals surface area contributed by atoms with Crippen molar-refractivity contribution in [2.45, 2.75) is 6.92 Å². The summed E-state index contributed by atoms with van der Waals surface area (Å²) >= 11 is 0. The van der Waals surface area contributed by atoms with Gasteiger partial charge in [0.05, 0.1) is 0 Å². The highest BCUT2D eigenvalue weighted by Gasteiger charge is 1.99. The van der Waals surface area contributed by atoms with Gasteiger partial charge in [-0.3, -0.25) is 0 Å². The van der Waals surface area contributed by atoms with Crippen LogP contribution in [0.5, 0.6) is 0 Å². The predicted octanol–water partition coefficient (Wildman–Crippen LogP) is 2.22. The fraction of sp³-hybridized carbons (Fsp3) is 0.300. The normalized spacial score (nSPS) is 9.58. The minimum Gasteiger partial charge on any atom is -0.362 e. The van der Waals surface area contributed by atoms with E-state index in [2.05, 4.69) is 18.2 Å². The predicted molar refractivity (Wildman–Crippen MR) is 55.3 cm³/mol. The highest BCUT2D eigenvalue weighted by molar-refractivity contribution is 5.56. The van der Waals surface area contributed by atoms with Crippen LogP contribution >= 0.6 is 0 Å². The average Bonchev–Trinajstić information content (AvgIpc) is 2.05. The largest absolute Gasteiger partial charge is 0.362 e. The van der Waals surface area contributed by atoms with E-state index in [1.165, 1.54) is 0 Å².